The van der Waals surface area contributed by atoms with Gasteiger partial charge in [0.2, 0.25) is 0 Å². The van der Waals surface area contributed by atoms with Crippen LogP contribution in [0.2, 0.25) is 0 Å². The highest BCUT2D eigenvalue weighted by Gasteiger charge is 2.13. The minimum Gasteiger partial charge on any atom is -0.497 e. The van der Waals surface area contributed by atoms with Crippen LogP contribution in [0.15, 0.2) is 54.6 Å². The van der Waals surface area contributed by atoms with Crippen LogP contribution in [0.3, 0.4) is 0 Å². The molecule has 0 aliphatic rings. The summed E-state index contributed by atoms with van der Waals surface area (Å²) in [5.74, 6) is 2.18. The molecule has 0 saturated carbocycles. The molecule has 6 heteroatoms. The van der Waals surface area contributed by atoms with Gasteiger partial charge >= 0.3 is 0 Å². The first-order valence-electron chi connectivity index (χ1n) is 7.83. The van der Waals surface area contributed by atoms with Crippen molar-refractivity contribution in [2.75, 3.05) is 12.4 Å². The van der Waals surface area contributed by atoms with Crippen LogP contribution in [0.25, 0.3) is 0 Å². The van der Waals surface area contributed by atoms with E-state index >= 15 is 0 Å². The number of methoxy groups -OCH3 is 1. The Morgan fingerprint density at radius 2 is 2.00 bits per heavy atom. The minimum atomic E-state index is -0.228. The quantitative estimate of drug-likeness (QED) is 0.622. The lowest BCUT2D eigenvalue weighted by Crippen LogP contribution is -2.15. The number of H-pyrrole nitrogens is 1. The predicted octanol–water partition coefficient (Wildman–Crippen LogP) is 2.67. The number of rotatable bonds is 7. The van der Waals surface area contributed by atoms with E-state index in [0.717, 1.165) is 17.3 Å². The summed E-state index contributed by atoms with van der Waals surface area (Å²) in [6.07, 6.45) is 0.710. The van der Waals surface area contributed by atoms with Crippen molar-refractivity contribution in [3.05, 3.63) is 71.8 Å². The van der Waals surface area contributed by atoms with Crippen LogP contribution in [0, 0.1) is 0 Å². The van der Waals surface area contributed by atoms with Crippen LogP contribution in [0.4, 0.5) is 5.69 Å². The summed E-state index contributed by atoms with van der Waals surface area (Å²) in [5.41, 5.74) is 8.33. The maximum atomic E-state index is 6.20. The van der Waals surface area contributed by atoms with Crippen molar-refractivity contribution in [2.24, 2.45) is 5.73 Å². The Balaban J connectivity index is 1.58. The van der Waals surface area contributed by atoms with Crippen molar-refractivity contribution in [2.45, 2.75) is 19.0 Å². The summed E-state index contributed by atoms with van der Waals surface area (Å²) in [4.78, 5) is 4.48. The third-order valence-corrected chi connectivity index (χ3v) is 3.71. The van der Waals surface area contributed by atoms with Gasteiger partial charge in [-0.1, -0.05) is 36.4 Å². The van der Waals surface area contributed by atoms with E-state index in [2.05, 4.69) is 32.6 Å². The number of benzene rings is 2. The molecule has 1 aromatic heterocycles. The number of nitrogens with two attached hydrogens (primary N) is 1. The summed E-state index contributed by atoms with van der Waals surface area (Å²) in [7, 11) is 1.65. The number of aromatic amines is 1. The number of nitrogens with zero attached hydrogens (tertiary/aromatic N) is 2. The van der Waals surface area contributed by atoms with Crippen molar-refractivity contribution in [1.82, 2.24) is 15.2 Å². The number of ether oxygens (including phenoxy) is 1. The Kier molecular flexibility index (Phi) is 5.08. The molecular formula is C18H21N5O. The fourth-order valence-electron chi connectivity index (χ4n) is 2.43. The molecule has 2 aromatic carbocycles. The van der Waals surface area contributed by atoms with Gasteiger partial charge in [0.1, 0.15) is 11.6 Å². The first-order chi connectivity index (χ1) is 11.7. The highest BCUT2D eigenvalue weighted by molar-refractivity contribution is 5.48. The third kappa shape index (κ3) is 4.11. The van der Waals surface area contributed by atoms with Crippen LogP contribution in [-0.4, -0.2) is 22.3 Å². The average Bonchev–Trinajstić information content (AvgIpc) is 3.10. The van der Waals surface area contributed by atoms with E-state index in [-0.39, 0.29) is 6.04 Å². The zero-order valence-corrected chi connectivity index (χ0v) is 13.6. The summed E-state index contributed by atoms with van der Waals surface area (Å²) in [6, 6.07) is 17.6. The van der Waals surface area contributed by atoms with Gasteiger partial charge in [0.15, 0.2) is 5.82 Å². The van der Waals surface area contributed by atoms with Crippen LogP contribution in [-0.2, 0) is 13.0 Å². The molecular weight excluding hydrogens is 302 g/mol. The van der Waals surface area contributed by atoms with E-state index in [1.807, 2.05) is 42.5 Å². The molecule has 0 saturated heterocycles. The molecule has 0 amide bonds. The third-order valence-electron chi connectivity index (χ3n) is 3.71. The first kappa shape index (κ1) is 16.0. The molecule has 6 nitrogen and oxygen atoms in total. The fourth-order valence-corrected chi connectivity index (χ4v) is 2.43. The summed E-state index contributed by atoms with van der Waals surface area (Å²) >= 11 is 0. The van der Waals surface area contributed by atoms with Crippen LogP contribution < -0.4 is 15.8 Å². The van der Waals surface area contributed by atoms with E-state index in [9.17, 15) is 0 Å². The van der Waals surface area contributed by atoms with E-state index in [1.54, 1.807) is 7.11 Å². The number of hydrogen-bond acceptors (Lipinski definition) is 5. The topological polar surface area (TPSA) is 88.8 Å². The lowest BCUT2D eigenvalue weighted by Gasteiger charge is -2.07. The predicted molar refractivity (Wildman–Crippen MR) is 93.8 cm³/mol. The zero-order valence-electron chi connectivity index (χ0n) is 13.6. The van der Waals surface area contributed by atoms with Gasteiger partial charge in [0.25, 0.3) is 0 Å². The maximum absolute atomic E-state index is 6.20. The largest absolute Gasteiger partial charge is 0.497 e. The molecule has 0 aliphatic heterocycles. The van der Waals surface area contributed by atoms with E-state index < -0.39 is 0 Å². The van der Waals surface area contributed by atoms with Crippen LogP contribution in [0.1, 0.15) is 23.3 Å². The number of aromatic nitrogens is 3. The second kappa shape index (κ2) is 7.61. The molecule has 0 fully saturated rings. The lowest BCUT2D eigenvalue weighted by molar-refractivity contribution is 0.415. The highest BCUT2D eigenvalue weighted by Crippen LogP contribution is 2.17. The van der Waals surface area contributed by atoms with Crippen LogP contribution in [0.5, 0.6) is 5.75 Å². The van der Waals surface area contributed by atoms with Gasteiger partial charge in [0, 0.05) is 11.8 Å². The molecule has 124 valence electrons. The Labute approximate surface area is 141 Å². The molecule has 3 aromatic rings. The molecule has 3 rings (SSSR count). The molecule has 1 heterocycles. The second-order valence-corrected chi connectivity index (χ2v) is 5.52. The fraction of sp³-hybridized carbons (Fsp3) is 0.222. The highest BCUT2D eigenvalue weighted by atomic mass is 16.5. The maximum Gasteiger partial charge on any atom is 0.167 e. The van der Waals surface area contributed by atoms with Gasteiger partial charge in [-0.2, -0.15) is 5.10 Å². The smallest absolute Gasteiger partial charge is 0.167 e. The number of anilines is 1. The Bertz CT molecular complexity index is 772. The molecule has 0 aliphatic carbocycles. The van der Waals surface area contributed by atoms with Crippen molar-refractivity contribution < 1.29 is 4.74 Å². The Hall–Kier alpha value is -2.86. The van der Waals surface area contributed by atoms with Gasteiger partial charge in [-0.25, -0.2) is 4.98 Å². The lowest BCUT2D eigenvalue weighted by atomic mass is 10.1. The summed E-state index contributed by atoms with van der Waals surface area (Å²) in [6.45, 7) is 0.540. The van der Waals surface area contributed by atoms with E-state index in [1.165, 1.54) is 5.56 Å². The average molecular weight is 323 g/mol. The monoisotopic (exact) mass is 323 g/mol. The van der Waals surface area contributed by atoms with Crippen molar-refractivity contribution in [3.8, 4) is 5.75 Å². The zero-order chi connectivity index (χ0) is 16.8. The van der Waals surface area contributed by atoms with Crippen molar-refractivity contribution in [3.63, 3.8) is 0 Å². The number of nitrogens with one attached hydrogen (secondary N) is 2. The molecule has 0 radical (unpaired) electrons. The van der Waals surface area contributed by atoms with Crippen molar-refractivity contribution >= 4 is 5.69 Å². The molecule has 0 spiro atoms. The van der Waals surface area contributed by atoms with Gasteiger partial charge in [-0.15, -0.1) is 0 Å². The SMILES string of the molecule is COc1cccc(NCc2nc(C(N)Cc3ccccc3)n[nH]2)c1. The van der Waals surface area contributed by atoms with Gasteiger partial charge in [-0.3, -0.25) is 5.10 Å². The Morgan fingerprint density at radius 1 is 1.17 bits per heavy atom. The molecule has 1 atom stereocenters. The normalized spacial score (nSPS) is 11.9. The van der Waals surface area contributed by atoms with Gasteiger partial charge in [0.05, 0.1) is 19.7 Å². The molecule has 0 bridgehead atoms. The number of hydrogen-bond donors (Lipinski definition) is 3. The molecule has 24 heavy (non-hydrogen) atoms. The molecule has 1 unspecified atom stereocenters. The van der Waals surface area contributed by atoms with E-state index in [4.69, 9.17) is 10.5 Å². The first-order valence-corrected chi connectivity index (χ1v) is 7.83. The van der Waals surface area contributed by atoms with Crippen LogP contribution >= 0.6 is 0 Å². The molecule has 4 N–H and O–H groups in total. The van der Waals surface area contributed by atoms with Gasteiger partial charge in [-0.05, 0) is 24.1 Å². The van der Waals surface area contributed by atoms with E-state index in [0.29, 0.717) is 18.8 Å². The minimum absolute atomic E-state index is 0.228. The summed E-state index contributed by atoms with van der Waals surface area (Å²) in [5, 5.41) is 10.5. The Morgan fingerprint density at radius 3 is 2.79 bits per heavy atom. The van der Waals surface area contributed by atoms with Crippen molar-refractivity contribution in [1.29, 1.82) is 0 Å². The second-order valence-electron chi connectivity index (χ2n) is 5.52. The van der Waals surface area contributed by atoms with Gasteiger partial charge < -0.3 is 15.8 Å². The standard InChI is InChI=1S/C18H21N5O/c1-24-15-9-5-8-14(11-15)20-12-17-21-18(23-22-17)16(19)10-13-6-3-2-4-7-13/h2-9,11,16,20H,10,12,19H2,1H3,(H,21,22,23). The summed E-state index contributed by atoms with van der Waals surface area (Å²) < 4.78 is 5.21.